The zero-order valence-corrected chi connectivity index (χ0v) is 13.6. The summed E-state index contributed by atoms with van der Waals surface area (Å²) < 4.78 is 7.87. The Balaban J connectivity index is 1.99. The highest BCUT2D eigenvalue weighted by molar-refractivity contribution is 9.10. The van der Waals surface area contributed by atoms with E-state index in [-0.39, 0.29) is 18.6 Å². The molecule has 2 aromatic rings. The molecule has 0 aliphatic heterocycles. The van der Waals surface area contributed by atoms with Crippen LogP contribution in [0.2, 0.25) is 0 Å². The number of nitrogens with zero attached hydrogens (tertiary/aromatic N) is 2. The summed E-state index contributed by atoms with van der Waals surface area (Å²) in [6, 6.07) is 9.85. The monoisotopic (exact) mass is 351 g/mol. The van der Waals surface area contributed by atoms with Crippen molar-refractivity contribution in [2.75, 3.05) is 6.61 Å². The molecule has 0 saturated carbocycles. The largest absolute Gasteiger partial charge is 0.466 e. The first-order valence-electron chi connectivity index (χ1n) is 6.83. The smallest absolute Gasteiger partial charge is 0.258 e. The quantitative estimate of drug-likeness (QED) is 0.870. The minimum absolute atomic E-state index is 0.0469. The number of hydrogen-bond acceptors (Lipinski definition) is 3. The number of benzene rings is 1. The molecule has 6 heteroatoms. The Hall–Kier alpha value is -1.82. The zero-order valence-electron chi connectivity index (χ0n) is 12.0. The number of halogens is 1. The first kappa shape index (κ1) is 15.6. The molecule has 1 atom stereocenters. The van der Waals surface area contributed by atoms with Gasteiger partial charge in [0.15, 0.2) is 6.61 Å². The van der Waals surface area contributed by atoms with Crippen LogP contribution < -0.4 is 10.1 Å². The minimum atomic E-state index is -0.148. The number of rotatable bonds is 6. The highest BCUT2D eigenvalue weighted by Gasteiger charge is 2.12. The number of nitrogens with one attached hydrogen (secondary N) is 1. The zero-order chi connectivity index (χ0) is 15.2. The van der Waals surface area contributed by atoms with E-state index in [2.05, 4.69) is 26.3 Å². The molecule has 0 unspecified atom stereocenters. The average Bonchev–Trinajstić information content (AvgIpc) is 2.87. The number of carbonyl (C=O) groups is 1. The van der Waals surface area contributed by atoms with Gasteiger partial charge in [-0.05, 0) is 41.4 Å². The van der Waals surface area contributed by atoms with E-state index < -0.39 is 0 Å². The highest BCUT2D eigenvalue weighted by Crippen LogP contribution is 2.24. The van der Waals surface area contributed by atoms with Gasteiger partial charge in [-0.2, -0.15) is 0 Å². The van der Waals surface area contributed by atoms with Crippen LogP contribution in [0.4, 0.5) is 0 Å². The molecule has 1 aromatic carbocycles. The molecular formula is C15H18BrN3O2. The van der Waals surface area contributed by atoms with Crippen molar-refractivity contribution in [3.8, 4) is 11.6 Å². The van der Waals surface area contributed by atoms with Gasteiger partial charge in [0.1, 0.15) is 0 Å². The SMILES string of the molecule is CC[C@H](C)NC(=O)COc1nn(-c2ccccc2)cc1Br. The summed E-state index contributed by atoms with van der Waals surface area (Å²) in [5.74, 6) is 0.253. The van der Waals surface area contributed by atoms with E-state index in [4.69, 9.17) is 4.74 Å². The lowest BCUT2D eigenvalue weighted by Gasteiger charge is -2.11. The second kappa shape index (κ2) is 7.26. The number of carbonyl (C=O) groups excluding carboxylic acids is 1. The van der Waals surface area contributed by atoms with Crippen molar-refractivity contribution in [2.24, 2.45) is 0 Å². The number of aromatic nitrogens is 2. The minimum Gasteiger partial charge on any atom is -0.466 e. The normalized spacial score (nSPS) is 12.0. The molecule has 1 amide bonds. The highest BCUT2D eigenvalue weighted by atomic mass is 79.9. The number of amides is 1. The lowest BCUT2D eigenvalue weighted by Crippen LogP contribution is -2.35. The van der Waals surface area contributed by atoms with Crippen molar-refractivity contribution in [3.63, 3.8) is 0 Å². The number of ether oxygens (including phenoxy) is 1. The molecule has 0 radical (unpaired) electrons. The average molecular weight is 352 g/mol. The summed E-state index contributed by atoms with van der Waals surface area (Å²) in [6.45, 7) is 3.93. The van der Waals surface area contributed by atoms with Gasteiger partial charge >= 0.3 is 0 Å². The van der Waals surface area contributed by atoms with Gasteiger partial charge < -0.3 is 10.1 Å². The molecule has 1 N–H and O–H groups in total. The third kappa shape index (κ3) is 4.32. The molecule has 0 spiro atoms. The first-order chi connectivity index (χ1) is 10.1. The summed E-state index contributed by atoms with van der Waals surface area (Å²) in [7, 11) is 0. The lowest BCUT2D eigenvalue weighted by molar-refractivity contribution is -0.123. The lowest BCUT2D eigenvalue weighted by atomic mass is 10.2. The molecule has 0 bridgehead atoms. The molecule has 2 rings (SSSR count). The van der Waals surface area contributed by atoms with Crippen molar-refractivity contribution < 1.29 is 9.53 Å². The van der Waals surface area contributed by atoms with E-state index in [9.17, 15) is 4.79 Å². The number of para-hydroxylation sites is 1. The number of hydrogen-bond donors (Lipinski definition) is 1. The Bertz CT molecular complexity index is 598. The second-order valence-corrected chi connectivity index (χ2v) is 5.58. The molecule has 0 aliphatic rings. The third-order valence-corrected chi connectivity index (χ3v) is 3.56. The van der Waals surface area contributed by atoms with Gasteiger partial charge in [-0.25, -0.2) is 4.68 Å². The van der Waals surface area contributed by atoms with Crippen molar-refractivity contribution in [2.45, 2.75) is 26.3 Å². The summed E-state index contributed by atoms with van der Waals surface area (Å²) >= 11 is 3.39. The molecule has 0 saturated heterocycles. The van der Waals surface area contributed by atoms with Gasteiger partial charge in [-0.1, -0.05) is 25.1 Å². The van der Waals surface area contributed by atoms with E-state index in [1.807, 2.05) is 44.2 Å². The topological polar surface area (TPSA) is 56.1 Å². The summed E-state index contributed by atoms with van der Waals surface area (Å²) in [5.41, 5.74) is 0.928. The third-order valence-electron chi connectivity index (χ3n) is 3.02. The maximum Gasteiger partial charge on any atom is 0.258 e. The summed E-state index contributed by atoms with van der Waals surface area (Å²) in [6.07, 6.45) is 2.69. The fraction of sp³-hybridized carbons (Fsp3) is 0.333. The van der Waals surface area contributed by atoms with Gasteiger partial charge in [0.05, 0.1) is 10.2 Å². The Morgan fingerprint density at radius 2 is 2.14 bits per heavy atom. The van der Waals surface area contributed by atoms with Crippen LogP contribution in [0, 0.1) is 0 Å². The van der Waals surface area contributed by atoms with Gasteiger partial charge in [0, 0.05) is 12.2 Å². The van der Waals surface area contributed by atoms with Crippen molar-refractivity contribution in [3.05, 3.63) is 41.0 Å². The molecule has 1 heterocycles. The molecular weight excluding hydrogens is 334 g/mol. The molecule has 0 fully saturated rings. The van der Waals surface area contributed by atoms with Crippen molar-refractivity contribution in [1.29, 1.82) is 0 Å². The van der Waals surface area contributed by atoms with Crippen molar-refractivity contribution >= 4 is 21.8 Å². The molecule has 5 nitrogen and oxygen atoms in total. The second-order valence-electron chi connectivity index (χ2n) is 4.73. The molecule has 0 aliphatic carbocycles. The summed E-state index contributed by atoms with van der Waals surface area (Å²) in [5, 5.41) is 7.16. The van der Waals surface area contributed by atoms with Crippen LogP contribution in [0.5, 0.6) is 5.88 Å². The fourth-order valence-corrected chi connectivity index (χ4v) is 2.09. The molecule has 1 aromatic heterocycles. The predicted octanol–water partition coefficient (Wildman–Crippen LogP) is 2.93. The molecule has 21 heavy (non-hydrogen) atoms. The van der Waals surface area contributed by atoms with E-state index in [0.717, 1.165) is 12.1 Å². The molecule has 112 valence electrons. The predicted molar refractivity (Wildman–Crippen MR) is 84.7 cm³/mol. The summed E-state index contributed by atoms with van der Waals surface area (Å²) in [4.78, 5) is 11.7. The maximum absolute atomic E-state index is 11.7. The van der Waals surface area contributed by atoms with Gasteiger partial charge in [0.25, 0.3) is 5.91 Å². The van der Waals surface area contributed by atoms with Gasteiger partial charge in [-0.15, -0.1) is 5.10 Å². The first-order valence-corrected chi connectivity index (χ1v) is 7.62. The Morgan fingerprint density at radius 1 is 1.43 bits per heavy atom. The van der Waals surface area contributed by atoms with Crippen molar-refractivity contribution in [1.82, 2.24) is 15.1 Å². The van der Waals surface area contributed by atoms with E-state index in [0.29, 0.717) is 10.4 Å². The Labute approximate surface area is 132 Å². The van der Waals surface area contributed by atoms with Crippen LogP contribution in [-0.2, 0) is 4.79 Å². The van der Waals surface area contributed by atoms with Crippen LogP contribution in [0.15, 0.2) is 41.0 Å². The standard InChI is InChI=1S/C15H18BrN3O2/c1-3-11(2)17-14(20)10-21-15-13(16)9-19(18-15)12-7-5-4-6-8-12/h4-9,11H,3,10H2,1-2H3,(H,17,20)/t11-/m0/s1. The van der Waals surface area contributed by atoms with Gasteiger partial charge in [-0.3, -0.25) is 4.79 Å². The van der Waals surface area contributed by atoms with Gasteiger partial charge in [0.2, 0.25) is 5.88 Å². The Morgan fingerprint density at radius 3 is 2.81 bits per heavy atom. The maximum atomic E-state index is 11.7. The van der Waals surface area contributed by atoms with E-state index in [1.54, 1.807) is 10.9 Å². The van der Waals surface area contributed by atoms with Crippen LogP contribution in [0.1, 0.15) is 20.3 Å². The van der Waals surface area contributed by atoms with E-state index in [1.165, 1.54) is 0 Å². The van der Waals surface area contributed by atoms with Crippen LogP contribution in [0.25, 0.3) is 5.69 Å². The Kier molecular flexibility index (Phi) is 5.38. The van der Waals surface area contributed by atoms with Crippen LogP contribution >= 0.6 is 15.9 Å². The fourth-order valence-electron chi connectivity index (χ4n) is 1.70. The van der Waals surface area contributed by atoms with E-state index >= 15 is 0 Å². The van der Waals surface area contributed by atoms with Crippen LogP contribution in [-0.4, -0.2) is 28.3 Å². The van der Waals surface area contributed by atoms with Crippen LogP contribution in [0.3, 0.4) is 0 Å².